The second-order valence-electron chi connectivity index (χ2n) is 3.32. The molecule has 0 bridgehead atoms. The molecule has 0 aliphatic heterocycles. The molecule has 0 aliphatic carbocycles. The van der Waals surface area contributed by atoms with Crippen LogP contribution in [0.2, 0.25) is 0 Å². The Hall–Kier alpha value is -1.74. The van der Waals surface area contributed by atoms with Gasteiger partial charge in [0.15, 0.2) is 5.82 Å². The molecule has 1 aromatic rings. The average molecular weight is 259 g/mol. The maximum atomic E-state index is 11.5. The van der Waals surface area contributed by atoms with E-state index in [-0.39, 0.29) is 18.0 Å². The number of nitrogens with one attached hydrogen (secondary N) is 2. The second kappa shape index (κ2) is 5.55. The summed E-state index contributed by atoms with van der Waals surface area (Å²) in [5.74, 6) is 4.82. The molecule has 9 heteroatoms. The van der Waals surface area contributed by atoms with Crippen LogP contribution in [-0.4, -0.2) is 42.8 Å². The van der Waals surface area contributed by atoms with Crippen LogP contribution in [-0.2, 0) is 9.84 Å². The van der Waals surface area contributed by atoms with Gasteiger partial charge in [-0.2, -0.15) is 0 Å². The van der Waals surface area contributed by atoms with Gasteiger partial charge in [-0.25, -0.2) is 24.2 Å². The summed E-state index contributed by atoms with van der Waals surface area (Å²) >= 11 is 0. The van der Waals surface area contributed by atoms with Gasteiger partial charge in [-0.3, -0.25) is 4.79 Å². The standard InChI is InChI=1S/C8H13N5O3S/c1-17(15,16)3-2-10-8(14)6-4-12-7(13-9)5-11-6/h4-5H,2-3,9H2,1H3,(H,10,14)(H,12,13). The van der Waals surface area contributed by atoms with Crippen LogP contribution in [0.25, 0.3) is 0 Å². The van der Waals surface area contributed by atoms with Crippen molar-refractivity contribution in [1.29, 1.82) is 0 Å². The summed E-state index contributed by atoms with van der Waals surface area (Å²) in [7, 11) is -3.09. The molecule has 0 unspecified atom stereocenters. The Morgan fingerprint density at radius 2 is 2.12 bits per heavy atom. The van der Waals surface area contributed by atoms with E-state index < -0.39 is 15.7 Å². The number of carbonyl (C=O) groups is 1. The average Bonchev–Trinajstić information content (AvgIpc) is 2.27. The van der Waals surface area contributed by atoms with Crippen LogP contribution >= 0.6 is 0 Å². The maximum absolute atomic E-state index is 11.5. The first kappa shape index (κ1) is 13.3. The Bertz CT molecular complexity index is 484. The lowest BCUT2D eigenvalue weighted by Crippen LogP contribution is -2.29. The van der Waals surface area contributed by atoms with E-state index in [4.69, 9.17) is 5.84 Å². The van der Waals surface area contributed by atoms with E-state index in [0.29, 0.717) is 5.82 Å². The molecule has 94 valence electrons. The van der Waals surface area contributed by atoms with Crippen LogP contribution in [0.4, 0.5) is 5.82 Å². The summed E-state index contributed by atoms with van der Waals surface area (Å²) in [4.78, 5) is 19.1. The van der Waals surface area contributed by atoms with Crippen molar-refractivity contribution in [2.75, 3.05) is 24.0 Å². The van der Waals surface area contributed by atoms with Gasteiger partial charge in [0.2, 0.25) is 0 Å². The van der Waals surface area contributed by atoms with Gasteiger partial charge in [0.05, 0.1) is 18.1 Å². The third kappa shape index (κ3) is 4.74. The van der Waals surface area contributed by atoms with Crippen molar-refractivity contribution in [3.63, 3.8) is 0 Å². The van der Waals surface area contributed by atoms with Crippen LogP contribution in [0.5, 0.6) is 0 Å². The van der Waals surface area contributed by atoms with Gasteiger partial charge in [0, 0.05) is 12.8 Å². The maximum Gasteiger partial charge on any atom is 0.271 e. The first-order valence-corrected chi connectivity index (χ1v) is 6.73. The van der Waals surface area contributed by atoms with Crippen molar-refractivity contribution < 1.29 is 13.2 Å². The SMILES string of the molecule is CS(=O)(=O)CCNC(=O)c1cnc(NN)cn1. The fourth-order valence-electron chi connectivity index (χ4n) is 0.960. The molecule has 1 rings (SSSR count). The first-order valence-electron chi connectivity index (χ1n) is 4.67. The van der Waals surface area contributed by atoms with Crippen molar-refractivity contribution in [3.8, 4) is 0 Å². The number of hydrazine groups is 1. The van der Waals surface area contributed by atoms with E-state index in [9.17, 15) is 13.2 Å². The molecule has 1 heterocycles. The summed E-state index contributed by atoms with van der Waals surface area (Å²) < 4.78 is 21.7. The third-order valence-electron chi connectivity index (χ3n) is 1.79. The molecule has 0 aromatic carbocycles. The lowest BCUT2D eigenvalue weighted by atomic mass is 10.4. The normalized spacial score (nSPS) is 10.9. The fraction of sp³-hybridized carbons (Fsp3) is 0.375. The topological polar surface area (TPSA) is 127 Å². The van der Waals surface area contributed by atoms with Crippen molar-refractivity contribution in [2.24, 2.45) is 5.84 Å². The summed E-state index contributed by atoms with van der Waals surface area (Å²) in [6.45, 7) is 0.0379. The van der Waals surface area contributed by atoms with Gasteiger partial charge >= 0.3 is 0 Å². The zero-order valence-electron chi connectivity index (χ0n) is 9.17. The van der Waals surface area contributed by atoms with E-state index in [1.54, 1.807) is 0 Å². The molecule has 4 N–H and O–H groups in total. The minimum Gasteiger partial charge on any atom is -0.350 e. The molecule has 1 aromatic heterocycles. The lowest BCUT2D eigenvalue weighted by molar-refractivity contribution is 0.0951. The summed E-state index contributed by atoms with van der Waals surface area (Å²) in [5, 5.41) is 2.42. The summed E-state index contributed by atoms with van der Waals surface area (Å²) in [6, 6.07) is 0. The van der Waals surface area contributed by atoms with Gasteiger partial charge in [0.25, 0.3) is 5.91 Å². The fourth-order valence-corrected chi connectivity index (χ4v) is 1.43. The molecule has 0 radical (unpaired) electrons. The molecule has 8 nitrogen and oxygen atoms in total. The minimum atomic E-state index is -3.09. The molecule has 17 heavy (non-hydrogen) atoms. The Kier molecular flexibility index (Phi) is 4.35. The molecule has 0 fully saturated rings. The Labute approximate surface area is 98.5 Å². The van der Waals surface area contributed by atoms with E-state index in [2.05, 4.69) is 20.7 Å². The van der Waals surface area contributed by atoms with Crippen LogP contribution in [0.1, 0.15) is 10.5 Å². The highest BCUT2D eigenvalue weighted by atomic mass is 32.2. The number of hydrogen-bond acceptors (Lipinski definition) is 7. The van der Waals surface area contributed by atoms with E-state index in [1.165, 1.54) is 12.4 Å². The number of hydrogen-bond donors (Lipinski definition) is 3. The van der Waals surface area contributed by atoms with Crippen LogP contribution < -0.4 is 16.6 Å². The van der Waals surface area contributed by atoms with Crippen LogP contribution in [0.3, 0.4) is 0 Å². The highest BCUT2D eigenvalue weighted by Gasteiger charge is 2.08. The van der Waals surface area contributed by atoms with Crippen molar-refractivity contribution in [2.45, 2.75) is 0 Å². The lowest BCUT2D eigenvalue weighted by Gasteiger charge is -2.04. The van der Waals surface area contributed by atoms with Gasteiger partial charge in [-0.15, -0.1) is 0 Å². The monoisotopic (exact) mass is 259 g/mol. The summed E-state index contributed by atoms with van der Waals surface area (Å²) in [5.41, 5.74) is 2.37. The number of nitrogens with zero attached hydrogens (tertiary/aromatic N) is 2. The molecular formula is C8H13N5O3S. The molecule has 0 saturated heterocycles. The quantitative estimate of drug-likeness (QED) is 0.435. The number of nitrogens with two attached hydrogens (primary N) is 1. The molecule has 1 amide bonds. The first-order chi connectivity index (χ1) is 7.92. The van der Waals surface area contributed by atoms with Crippen LogP contribution in [0.15, 0.2) is 12.4 Å². The van der Waals surface area contributed by atoms with E-state index in [0.717, 1.165) is 6.26 Å². The number of aromatic nitrogens is 2. The highest BCUT2D eigenvalue weighted by Crippen LogP contribution is 1.98. The number of sulfone groups is 1. The van der Waals surface area contributed by atoms with Crippen molar-refractivity contribution in [3.05, 3.63) is 18.1 Å². The zero-order chi connectivity index (χ0) is 12.9. The molecule has 0 aliphatic rings. The Morgan fingerprint density at radius 1 is 1.41 bits per heavy atom. The zero-order valence-corrected chi connectivity index (χ0v) is 9.99. The Morgan fingerprint density at radius 3 is 2.59 bits per heavy atom. The van der Waals surface area contributed by atoms with Gasteiger partial charge < -0.3 is 10.7 Å². The minimum absolute atomic E-state index is 0.0379. The highest BCUT2D eigenvalue weighted by molar-refractivity contribution is 7.90. The van der Waals surface area contributed by atoms with Crippen LogP contribution in [0, 0.1) is 0 Å². The van der Waals surface area contributed by atoms with E-state index in [1.807, 2.05) is 0 Å². The molecule has 0 saturated carbocycles. The number of nitrogen functional groups attached to an aromatic ring is 1. The molecule has 0 spiro atoms. The smallest absolute Gasteiger partial charge is 0.271 e. The molecular weight excluding hydrogens is 246 g/mol. The number of anilines is 1. The third-order valence-corrected chi connectivity index (χ3v) is 2.74. The summed E-state index contributed by atoms with van der Waals surface area (Å²) in [6.07, 6.45) is 3.64. The van der Waals surface area contributed by atoms with E-state index >= 15 is 0 Å². The van der Waals surface area contributed by atoms with Gasteiger partial charge in [-0.05, 0) is 0 Å². The number of rotatable bonds is 5. The van der Waals surface area contributed by atoms with Gasteiger partial charge in [0.1, 0.15) is 15.5 Å². The predicted octanol–water partition coefficient (Wildman–Crippen LogP) is -1.46. The van der Waals surface area contributed by atoms with Crippen molar-refractivity contribution >= 4 is 21.6 Å². The second-order valence-corrected chi connectivity index (χ2v) is 5.58. The molecule has 0 atom stereocenters. The predicted molar refractivity (Wildman–Crippen MR) is 61.9 cm³/mol. The number of carbonyl (C=O) groups excluding carboxylic acids is 1. The van der Waals surface area contributed by atoms with Gasteiger partial charge in [-0.1, -0.05) is 0 Å². The largest absolute Gasteiger partial charge is 0.350 e. The number of amides is 1. The van der Waals surface area contributed by atoms with Crippen molar-refractivity contribution in [1.82, 2.24) is 15.3 Å². The Balaban J connectivity index is 2.52.